The Kier molecular flexibility index (Phi) is 7.06. The van der Waals surface area contributed by atoms with Crippen molar-refractivity contribution in [3.8, 4) is 0 Å². The number of hydrogen-bond acceptors (Lipinski definition) is 7. The molecule has 1 aliphatic heterocycles. The van der Waals surface area contributed by atoms with E-state index in [4.69, 9.17) is 16.3 Å². The monoisotopic (exact) mass is 497 g/mol. The van der Waals surface area contributed by atoms with Gasteiger partial charge in [-0.3, -0.25) is 14.6 Å². The molecule has 0 N–H and O–H groups in total. The quantitative estimate of drug-likeness (QED) is 0.466. The zero-order valence-corrected chi connectivity index (χ0v) is 19.4. The number of ether oxygens (including phenoxy) is 1. The van der Waals surface area contributed by atoms with Gasteiger partial charge in [-0.05, 0) is 42.5 Å². The first-order chi connectivity index (χ1) is 15.3. The summed E-state index contributed by atoms with van der Waals surface area (Å²) < 4.78 is 44.9. The number of aromatic nitrogens is 1. The summed E-state index contributed by atoms with van der Waals surface area (Å²) in [5.74, 6) is -1.87. The first kappa shape index (κ1) is 23.1. The minimum atomic E-state index is -3.94. The van der Waals surface area contributed by atoms with Crippen molar-refractivity contribution in [2.24, 2.45) is 0 Å². The highest BCUT2D eigenvalue weighted by Crippen LogP contribution is 2.31. The molecule has 2 heterocycles. The van der Waals surface area contributed by atoms with E-state index < -0.39 is 27.3 Å². The van der Waals surface area contributed by atoms with Crippen molar-refractivity contribution in [2.45, 2.75) is 4.90 Å². The van der Waals surface area contributed by atoms with Crippen LogP contribution in [0.5, 0.6) is 0 Å². The number of amides is 1. The molecular weight excluding hydrogens is 477 g/mol. The molecule has 1 aliphatic rings. The van der Waals surface area contributed by atoms with E-state index >= 15 is 0 Å². The SMILES string of the molecule is O=C(CS(=O)(=O)c1ccc(F)cc1)N(CCN1CCOCC1)c1nc2ccc(Cl)cc2s1. The molecule has 1 amide bonds. The van der Waals surface area contributed by atoms with Crippen LogP contribution in [0.15, 0.2) is 47.4 Å². The Hall–Kier alpha value is -2.11. The predicted molar refractivity (Wildman–Crippen MR) is 123 cm³/mol. The summed E-state index contributed by atoms with van der Waals surface area (Å²) in [6.07, 6.45) is 0. The maximum Gasteiger partial charge on any atom is 0.244 e. The van der Waals surface area contributed by atoms with Gasteiger partial charge in [0.2, 0.25) is 5.91 Å². The third-order valence-electron chi connectivity index (χ3n) is 5.10. The van der Waals surface area contributed by atoms with Gasteiger partial charge in [-0.2, -0.15) is 0 Å². The molecule has 0 spiro atoms. The van der Waals surface area contributed by atoms with Crippen LogP contribution in [0.2, 0.25) is 5.02 Å². The first-order valence-corrected chi connectivity index (χ1v) is 12.8. The Labute approximate surface area is 194 Å². The van der Waals surface area contributed by atoms with Gasteiger partial charge in [0.05, 0.1) is 28.3 Å². The van der Waals surface area contributed by atoms with Crippen molar-refractivity contribution in [3.05, 3.63) is 53.3 Å². The van der Waals surface area contributed by atoms with Crippen LogP contribution < -0.4 is 4.90 Å². The van der Waals surface area contributed by atoms with E-state index in [-0.39, 0.29) is 11.4 Å². The topological polar surface area (TPSA) is 79.8 Å². The van der Waals surface area contributed by atoms with E-state index in [1.165, 1.54) is 16.2 Å². The molecule has 1 fully saturated rings. The molecule has 0 saturated carbocycles. The lowest BCUT2D eigenvalue weighted by Gasteiger charge is -2.29. The van der Waals surface area contributed by atoms with Gasteiger partial charge in [-0.1, -0.05) is 22.9 Å². The molecule has 0 radical (unpaired) electrons. The average Bonchev–Trinajstić information content (AvgIpc) is 3.17. The summed E-state index contributed by atoms with van der Waals surface area (Å²) in [5, 5.41) is 0.965. The van der Waals surface area contributed by atoms with Gasteiger partial charge in [0.25, 0.3) is 0 Å². The molecule has 1 saturated heterocycles. The van der Waals surface area contributed by atoms with Crippen molar-refractivity contribution >= 4 is 54.0 Å². The number of thiazole rings is 1. The highest BCUT2D eigenvalue weighted by atomic mass is 35.5. The maximum absolute atomic E-state index is 13.2. The molecule has 0 aliphatic carbocycles. The molecule has 0 atom stereocenters. The van der Waals surface area contributed by atoms with Gasteiger partial charge >= 0.3 is 0 Å². The number of anilines is 1. The summed E-state index contributed by atoms with van der Waals surface area (Å²) in [6.45, 7) is 3.56. The first-order valence-electron chi connectivity index (χ1n) is 9.97. The van der Waals surface area contributed by atoms with Gasteiger partial charge in [0.15, 0.2) is 15.0 Å². The van der Waals surface area contributed by atoms with Crippen LogP contribution >= 0.6 is 22.9 Å². The second-order valence-electron chi connectivity index (χ2n) is 7.32. The Morgan fingerprint density at radius 1 is 1.19 bits per heavy atom. The molecule has 11 heteroatoms. The molecule has 7 nitrogen and oxygen atoms in total. The maximum atomic E-state index is 13.2. The standard InChI is InChI=1S/C21H21ClFN3O4S2/c22-15-1-6-18-19(13-15)31-21(24-18)26(8-7-25-9-11-30-12-10-25)20(27)14-32(28,29)17-4-2-16(23)3-5-17/h1-6,13H,7-12,14H2. The number of sulfone groups is 1. The number of morpholine rings is 1. The van der Waals surface area contributed by atoms with Gasteiger partial charge in [0, 0.05) is 31.2 Å². The van der Waals surface area contributed by atoms with Gasteiger partial charge < -0.3 is 4.74 Å². The van der Waals surface area contributed by atoms with Gasteiger partial charge in [-0.25, -0.2) is 17.8 Å². The molecule has 32 heavy (non-hydrogen) atoms. The van der Waals surface area contributed by atoms with E-state index in [9.17, 15) is 17.6 Å². The van der Waals surface area contributed by atoms with Crippen molar-refractivity contribution < 1.29 is 22.3 Å². The number of benzene rings is 2. The molecule has 0 bridgehead atoms. The minimum absolute atomic E-state index is 0.100. The number of fused-ring (bicyclic) bond motifs is 1. The van der Waals surface area contributed by atoms with Crippen LogP contribution in [0.3, 0.4) is 0 Å². The predicted octanol–water partition coefficient (Wildman–Crippen LogP) is 3.23. The van der Waals surface area contributed by atoms with E-state index in [1.807, 2.05) is 0 Å². The molecule has 1 aromatic heterocycles. The lowest BCUT2D eigenvalue weighted by atomic mass is 10.3. The molecule has 0 unspecified atom stereocenters. The molecule has 2 aromatic carbocycles. The largest absolute Gasteiger partial charge is 0.379 e. The van der Waals surface area contributed by atoms with Crippen molar-refractivity contribution in [3.63, 3.8) is 0 Å². The normalized spacial score (nSPS) is 15.2. The Bertz CT molecular complexity index is 1210. The van der Waals surface area contributed by atoms with E-state index in [2.05, 4.69) is 9.88 Å². The smallest absolute Gasteiger partial charge is 0.244 e. The Morgan fingerprint density at radius 2 is 1.91 bits per heavy atom. The summed E-state index contributed by atoms with van der Waals surface area (Å²) in [4.78, 5) is 21.2. The third-order valence-corrected chi connectivity index (χ3v) is 7.99. The Balaban J connectivity index is 1.59. The summed E-state index contributed by atoms with van der Waals surface area (Å²) in [7, 11) is -3.94. The number of carbonyl (C=O) groups is 1. The highest BCUT2D eigenvalue weighted by molar-refractivity contribution is 7.92. The fraction of sp³-hybridized carbons (Fsp3) is 0.333. The second kappa shape index (κ2) is 9.80. The minimum Gasteiger partial charge on any atom is -0.379 e. The lowest BCUT2D eigenvalue weighted by Crippen LogP contribution is -2.44. The Morgan fingerprint density at radius 3 is 2.62 bits per heavy atom. The van der Waals surface area contributed by atoms with Crippen LogP contribution in [0.25, 0.3) is 10.2 Å². The van der Waals surface area contributed by atoms with Crippen molar-refractivity contribution in [1.82, 2.24) is 9.88 Å². The molecular formula is C21H21ClFN3O4S2. The molecule has 3 aromatic rings. The van der Waals surface area contributed by atoms with Crippen LogP contribution in [0.1, 0.15) is 0 Å². The molecule has 4 rings (SSSR count). The number of nitrogens with zero attached hydrogens (tertiary/aromatic N) is 3. The number of halogens is 2. The van der Waals surface area contributed by atoms with Crippen molar-refractivity contribution in [2.75, 3.05) is 50.0 Å². The number of carbonyl (C=O) groups excluding carboxylic acids is 1. The van der Waals surface area contributed by atoms with Crippen LogP contribution in [-0.4, -0.2) is 69.4 Å². The van der Waals surface area contributed by atoms with Crippen LogP contribution in [0.4, 0.5) is 9.52 Å². The lowest BCUT2D eigenvalue weighted by molar-refractivity contribution is -0.116. The van der Waals surface area contributed by atoms with Gasteiger partial charge in [-0.15, -0.1) is 0 Å². The van der Waals surface area contributed by atoms with E-state index in [0.29, 0.717) is 35.4 Å². The van der Waals surface area contributed by atoms with E-state index in [0.717, 1.165) is 42.1 Å². The van der Waals surface area contributed by atoms with Crippen LogP contribution in [-0.2, 0) is 19.4 Å². The zero-order chi connectivity index (χ0) is 22.7. The van der Waals surface area contributed by atoms with E-state index in [1.54, 1.807) is 18.2 Å². The number of rotatable bonds is 7. The van der Waals surface area contributed by atoms with Crippen LogP contribution in [0, 0.1) is 5.82 Å². The number of hydrogen-bond donors (Lipinski definition) is 0. The fourth-order valence-corrected chi connectivity index (χ4v) is 5.84. The summed E-state index contributed by atoms with van der Waals surface area (Å²) in [6, 6.07) is 9.68. The molecule has 170 valence electrons. The van der Waals surface area contributed by atoms with Crippen molar-refractivity contribution in [1.29, 1.82) is 0 Å². The summed E-state index contributed by atoms with van der Waals surface area (Å²) in [5.41, 5.74) is 0.681. The average molecular weight is 498 g/mol. The summed E-state index contributed by atoms with van der Waals surface area (Å²) >= 11 is 7.35. The zero-order valence-electron chi connectivity index (χ0n) is 17.0. The third kappa shape index (κ3) is 5.44. The van der Waals surface area contributed by atoms with Gasteiger partial charge in [0.1, 0.15) is 11.6 Å². The highest BCUT2D eigenvalue weighted by Gasteiger charge is 2.27. The second-order valence-corrected chi connectivity index (χ2v) is 10.8. The fourth-order valence-electron chi connectivity index (χ4n) is 3.36.